The van der Waals surface area contributed by atoms with Crippen molar-refractivity contribution in [3.63, 3.8) is 0 Å². The summed E-state index contributed by atoms with van der Waals surface area (Å²) < 4.78 is 0. The van der Waals surface area contributed by atoms with Crippen molar-refractivity contribution < 1.29 is 19.5 Å². The van der Waals surface area contributed by atoms with Gasteiger partial charge in [-0.15, -0.1) is 0 Å². The maximum atomic E-state index is 13.4. The second-order valence-electron chi connectivity index (χ2n) is 7.46. The predicted octanol–water partition coefficient (Wildman–Crippen LogP) is 4.38. The number of rotatable bonds is 6. The number of aryl methyl sites for hydroxylation is 1. The molecule has 2 aromatic carbocycles. The molecule has 0 saturated carbocycles. The summed E-state index contributed by atoms with van der Waals surface area (Å²) in [6.45, 7) is 16.7. The van der Waals surface area contributed by atoms with Crippen LogP contribution in [0, 0.1) is 13.5 Å². The highest BCUT2D eigenvalue weighted by Gasteiger charge is 2.39. The Morgan fingerprint density at radius 1 is 1.09 bits per heavy atom. The number of aromatic carboxylic acids is 1. The molecule has 8 heteroatoms. The number of hydrogen-bond donors (Lipinski definition) is 1. The average Bonchev–Trinajstić information content (AvgIpc) is 2.79. The molecule has 168 valence electrons. The van der Waals surface area contributed by atoms with Gasteiger partial charge in [-0.3, -0.25) is 9.59 Å². The molecular formula is C25H24N4O4. The third kappa shape index (κ3) is 4.26. The molecule has 0 atom stereocenters. The van der Waals surface area contributed by atoms with Crippen molar-refractivity contribution in [1.29, 1.82) is 0 Å². The van der Waals surface area contributed by atoms with E-state index in [1.165, 1.54) is 31.2 Å². The van der Waals surface area contributed by atoms with Crippen molar-refractivity contribution in [3.8, 4) is 0 Å². The normalized spacial score (nSPS) is 15.1. The molecule has 2 aromatic rings. The second-order valence-corrected chi connectivity index (χ2v) is 7.46. The summed E-state index contributed by atoms with van der Waals surface area (Å²) in [6.07, 6.45) is 0. The number of carboxylic acid groups (broad SMARTS) is 1. The van der Waals surface area contributed by atoms with E-state index in [0.29, 0.717) is 5.69 Å². The van der Waals surface area contributed by atoms with Crippen molar-refractivity contribution in [3.05, 3.63) is 76.3 Å². The number of anilines is 2. The molecule has 0 aromatic heterocycles. The summed E-state index contributed by atoms with van der Waals surface area (Å²) in [5.41, 5.74) is 1.88. The van der Waals surface area contributed by atoms with Crippen molar-refractivity contribution in [2.24, 2.45) is 4.99 Å². The van der Waals surface area contributed by atoms with E-state index in [9.17, 15) is 19.5 Å². The molecule has 0 bridgehead atoms. The number of benzene rings is 2. The smallest absolute Gasteiger partial charge is 0.337 e. The lowest BCUT2D eigenvalue weighted by Crippen LogP contribution is -2.47. The molecule has 33 heavy (non-hydrogen) atoms. The molecule has 2 amide bonds. The van der Waals surface area contributed by atoms with Crippen LogP contribution < -0.4 is 9.80 Å². The van der Waals surface area contributed by atoms with E-state index >= 15 is 0 Å². The van der Waals surface area contributed by atoms with Gasteiger partial charge in [0, 0.05) is 18.8 Å². The zero-order chi connectivity index (χ0) is 24.3. The highest BCUT2D eigenvalue weighted by atomic mass is 16.4. The molecule has 1 aliphatic rings. The number of amides is 2. The van der Waals surface area contributed by atoms with Crippen LogP contribution >= 0.6 is 0 Å². The van der Waals surface area contributed by atoms with Gasteiger partial charge in [-0.1, -0.05) is 12.1 Å². The molecule has 1 heterocycles. The minimum atomic E-state index is -1.29. The minimum absolute atomic E-state index is 0.0699. The van der Waals surface area contributed by atoms with Gasteiger partial charge in [0.15, 0.2) is 0 Å². The number of para-hydroxylation sites is 1. The number of aliphatic imine (C=N–C) groups is 1. The van der Waals surface area contributed by atoms with E-state index in [1.54, 1.807) is 6.07 Å². The van der Waals surface area contributed by atoms with Crippen LogP contribution in [0.3, 0.4) is 0 Å². The summed E-state index contributed by atoms with van der Waals surface area (Å²) >= 11 is 0. The molecule has 1 N–H and O–H groups in total. The van der Waals surface area contributed by atoms with Crippen molar-refractivity contribution in [2.45, 2.75) is 27.7 Å². The predicted molar refractivity (Wildman–Crippen MR) is 127 cm³/mol. The molecular weight excluding hydrogens is 420 g/mol. The maximum absolute atomic E-state index is 13.4. The van der Waals surface area contributed by atoms with E-state index in [1.807, 2.05) is 19.1 Å². The lowest BCUT2D eigenvalue weighted by Gasteiger charge is -2.28. The Bertz CT molecular complexity index is 1250. The summed E-state index contributed by atoms with van der Waals surface area (Å²) in [4.78, 5) is 48.8. The van der Waals surface area contributed by atoms with Crippen LogP contribution in [0.4, 0.5) is 17.1 Å². The first-order chi connectivity index (χ1) is 15.7. The summed E-state index contributed by atoms with van der Waals surface area (Å²) in [7, 11) is 0. The van der Waals surface area contributed by atoms with E-state index in [4.69, 9.17) is 6.57 Å². The second kappa shape index (κ2) is 9.49. The number of imide groups is 1. The Labute approximate surface area is 192 Å². The lowest BCUT2D eigenvalue weighted by molar-refractivity contribution is -0.121. The number of hydrogen-bond acceptors (Lipinski definition) is 5. The van der Waals surface area contributed by atoms with Gasteiger partial charge >= 0.3 is 5.97 Å². The van der Waals surface area contributed by atoms with Gasteiger partial charge in [0.1, 0.15) is 5.71 Å². The van der Waals surface area contributed by atoms with Gasteiger partial charge in [0.25, 0.3) is 17.5 Å². The number of carbonyl (C=O) groups is 3. The third-order valence-electron chi connectivity index (χ3n) is 5.55. The molecule has 0 aliphatic carbocycles. The van der Waals surface area contributed by atoms with Crippen LogP contribution in [-0.4, -0.2) is 41.7 Å². The van der Waals surface area contributed by atoms with Gasteiger partial charge in [-0.05, 0) is 69.2 Å². The largest absolute Gasteiger partial charge is 0.478 e. The van der Waals surface area contributed by atoms with Crippen LogP contribution in [0.15, 0.2) is 58.7 Å². The fourth-order valence-corrected chi connectivity index (χ4v) is 3.74. The molecule has 8 nitrogen and oxygen atoms in total. The molecule has 3 rings (SSSR count). The van der Waals surface area contributed by atoms with Crippen LogP contribution in [0.5, 0.6) is 0 Å². The first kappa shape index (κ1) is 23.4. The van der Waals surface area contributed by atoms with Crippen LogP contribution in [0.2, 0.25) is 0 Å². The monoisotopic (exact) mass is 444 g/mol. The fourth-order valence-electron chi connectivity index (χ4n) is 3.74. The van der Waals surface area contributed by atoms with Crippen molar-refractivity contribution >= 4 is 40.6 Å². The molecule has 1 aliphatic heterocycles. The van der Waals surface area contributed by atoms with Crippen LogP contribution in [-0.2, 0) is 9.59 Å². The van der Waals surface area contributed by atoms with Crippen LogP contribution in [0.25, 0.3) is 4.85 Å². The summed E-state index contributed by atoms with van der Waals surface area (Å²) in [5, 5.41) is 9.54. The average molecular weight is 444 g/mol. The zero-order valence-corrected chi connectivity index (χ0v) is 18.9. The Morgan fingerprint density at radius 3 is 2.33 bits per heavy atom. The van der Waals surface area contributed by atoms with Gasteiger partial charge in [0.05, 0.1) is 23.5 Å². The Balaban J connectivity index is 2.17. The molecule has 0 unspecified atom stereocenters. The van der Waals surface area contributed by atoms with Crippen molar-refractivity contribution in [1.82, 2.24) is 0 Å². The van der Waals surface area contributed by atoms with Gasteiger partial charge in [0.2, 0.25) is 0 Å². The zero-order valence-electron chi connectivity index (χ0n) is 18.9. The standard InChI is InChI=1S/C25H24N4O4/c1-6-28(7-2)17-12-13-19(15(3)14-17)27-22-16(4)21(26-5)23(30)29(24(22)31)20-11-9-8-10-18(20)25(32)33/h8-14H,6-7H2,1-4H3,(H,32,33). The van der Waals surface area contributed by atoms with E-state index < -0.39 is 17.8 Å². The van der Waals surface area contributed by atoms with Gasteiger partial charge < -0.3 is 10.0 Å². The number of nitrogens with zero attached hydrogens (tertiary/aromatic N) is 4. The SMILES string of the molecule is [C-]#[N+]C1=C(C)C(=Nc2ccc(N(CC)CC)cc2C)C(=O)N(c2ccccc2C(=O)O)C1=O. The summed E-state index contributed by atoms with van der Waals surface area (Å²) in [5.74, 6) is -2.93. The minimum Gasteiger partial charge on any atom is -0.478 e. The van der Waals surface area contributed by atoms with Gasteiger partial charge in [-0.2, -0.15) is 0 Å². The Hall–Kier alpha value is -4.25. The highest BCUT2D eigenvalue weighted by Crippen LogP contribution is 2.31. The number of carbonyl (C=O) groups excluding carboxylic acids is 2. The van der Waals surface area contributed by atoms with Gasteiger partial charge in [-0.25, -0.2) is 19.5 Å². The van der Waals surface area contributed by atoms with Crippen LogP contribution in [0.1, 0.15) is 36.7 Å². The first-order valence-electron chi connectivity index (χ1n) is 10.5. The van der Waals surface area contributed by atoms with E-state index in [2.05, 4.69) is 28.6 Å². The third-order valence-corrected chi connectivity index (χ3v) is 5.55. The van der Waals surface area contributed by atoms with E-state index in [-0.39, 0.29) is 28.2 Å². The highest BCUT2D eigenvalue weighted by molar-refractivity contribution is 6.57. The Kier molecular flexibility index (Phi) is 6.73. The van der Waals surface area contributed by atoms with E-state index in [0.717, 1.165) is 29.2 Å². The fraction of sp³-hybridized carbons (Fsp3) is 0.240. The molecule has 0 fully saturated rings. The maximum Gasteiger partial charge on any atom is 0.337 e. The quantitative estimate of drug-likeness (QED) is 0.527. The molecule has 0 spiro atoms. The lowest BCUT2D eigenvalue weighted by atomic mass is 10.0. The van der Waals surface area contributed by atoms with Crippen molar-refractivity contribution in [2.75, 3.05) is 22.9 Å². The number of carboxylic acids is 1. The molecule has 0 radical (unpaired) electrons. The summed E-state index contributed by atoms with van der Waals surface area (Å²) in [6, 6.07) is 11.4. The first-order valence-corrected chi connectivity index (χ1v) is 10.5. The Morgan fingerprint density at radius 2 is 1.76 bits per heavy atom. The topological polar surface area (TPSA) is 94.6 Å². The molecule has 0 saturated heterocycles.